The summed E-state index contributed by atoms with van der Waals surface area (Å²) >= 11 is 0. The van der Waals surface area contributed by atoms with E-state index in [9.17, 15) is 0 Å². The molecule has 1 N–H and O–H groups in total. The molecule has 1 saturated heterocycles. The van der Waals surface area contributed by atoms with Crippen molar-refractivity contribution in [2.75, 3.05) is 26.2 Å². The van der Waals surface area contributed by atoms with Gasteiger partial charge in [0.1, 0.15) is 0 Å². The Morgan fingerprint density at radius 1 is 1.22 bits per heavy atom. The molecule has 1 heterocycles. The average Bonchev–Trinajstić information content (AvgIpc) is 2.80. The van der Waals surface area contributed by atoms with Gasteiger partial charge in [-0.25, -0.2) is 0 Å². The molecule has 1 aliphatic heterocycles. The zero-order valence-corrected chi connectivity index (χ0v) is 12.7. The first-order valence-electron chi connectivity index (χ1n) is 8.06. The lowest BCUT2D eigenvalue weighted by molar-refractivity contribution is 0.0987. The molecule has 0 aromatic heterocycles. The summed E-state index contributed by atoms with van der Waals surface area (Å²) < 4.78 is 0. The van der Waals surface area contributed by atoms with Crippen molar-refractivity contribution < 1.29 is 0 Å². The van der Waals surface area contributed by atoms with Crippen molar-refractivity contribution >= 4 is 0 Å². The Hall–Kier alpha value is -0.0800. The highest BCUT2D eigenvalue weighted by Crippen LogP contribution is 2.31. The lowest BCUT2D eigenvalue weighted by Gasteiger charge is -2.40. The van der Waals surface area contributed by atoms with Gasteiger partial charge in [-0.1, -0.05) is 33.6 Å². The van der Waals surface area contributed by atoms with Gasteiger partial charge in [0.05, 0.1) is 0 Å². The number of rotatable bonds is 5. The number of piperidine rings is 1. The van der Waals surface area contributed by atoms with E-state index >= 15 is 0 Å². The van der Waals surface area contributed by atoms with Gasteiger partial charge in [-0.2, -0.15) is 0 Å². The average molecular weight is 252 g/mol. The van der Waals surface area contributed by atoms with Gasteiger partial charge in [-0.05, 0) is 50.1 Å². The van der Waals surface area contributed by atoms with Crippen LogP contribution in [0.2, 0.25) is 0 Å². The van der Waals surface area contributed by atoms with Crippen molar-refractivity contribution in [3.8, 4) is 0 Å². The minimum atomic E-state index is 0.532. The van der Waals surface area contributed by atoms with Gasteiger partial charge < -0.3 is 10.2 Å². The first-order chi connectivity index (χ1) is 8.61. The Labute approximate surface area is 114 Å². The van der Waals surface area contributed by atoms with Crippen LogP contribution in [0.4, 0.5) is 0 Å². The Balaban J connectivity index is 1.87. The third-order valence-corrected chi connectivity index (χ3v) is 4.87. The summed E-state index contributed by atoms with van der Waals surface area (Å²) in [5.74, 6) is 0.940. The molecule has 1 saturated carbocycles. The van der Waals surface area contributed by atoms with Gasteiger partial charge >= 0.3 is 0 Å². The molecule has 1 aliphatic carbocycles. The molecule has 0 aromatic carbocycles. The molecular weight excluding hydrogens is 220 g/mol. The molecule has 2 heteroatoms. The van der Waals surface area contributed by atoms with Gasteiger partial charge in [0.25, 0.3) is 0 Å². The second kappa shape index (κ2) is 6.38. The standard InChI is InChI=1S/C16H32N2/c1-4-17-15(14-8-5-6-9-14)12-18-11-7-10-16(2,3)13-18/h14-15,17H,4-13H2,1-3H3. The predicted octanol–water partition coefficient (Wildman–Crippen LogP) is 3.28. The van der Waals surface area contributed by atoms with Gasteiger partial charge in [-0.3, -0.25) is 0 Å². The van der Waals surface area contributed by atoms with Crippen LogP contribution in [-0.2, 0) is 0 Å². The van der Waals surface area contributed by atoms with E-state index in [1.165, 1.54) is 58.2 Å². The molecule has 0 radical (unpaired) electrons. The first-order valence-corrected chi connectivity index (χ1v) is 8.06. The van der Waals surface area contributed by atoms with Gasteiger partial charge in [0, 0.05) is 19.1 Å². The third kappa shape index (κ3) is 3.96. The van der Waals surface area contributed by atoms with Gasteiger partial charge in [0.15, 0.2) is 0 Å². The van der Waals surface area contributed by atoms with E-state index < -0.39 is 0 Å². The van der Waals surface area contributed by atoms with Crippen LogP contribution in [0.3, 0.4) is 0 Å². The third-order valence-electron chi connectivity index (χ3n) is 4.87. The number of hydrogen-bond donors (Lipinski definition) is 1. The number of nitrogens with one attached hydrogen (secondary N) is 1. The Morgan fingerprint density at radius 2 is 1.94 bits per heavy atom. The molecule has 0 amide bonds. The molecule has 2 nitrogen and oxygen atoms in total. The van der Waals surface area contributed by atoms with Crippen molar-refractivity contribution in [3.63, 3.8) is 0 Å². The summed E-state index contributed by atoms with van der Waals surface area (Å²) in [5, 5.41) is 3.76. The maximum absolute atomic E-state index is 3.76. The molecule has 0 bridgehead atoms. The van der Waals surface area contributed by atoms with Gasteiger partial charge in [0.2, 0.25) is 0 Å². The normalized spacial score (nSPS) is 27.5. The minimum absolute atomic E-state index is 0.532. The lowest BCUT2D eigenvalue weighted by atomic mass is 9.83. The fourth-order valence-electron chi connectivity index (χ4n) is 3.98. The molecule has 2 rings (SSSR count). The number of likely N-dealkylation sites (N-methyl/N-ethyl adjacent to an activating group) is 1. The summed E-state index contributed by atoms with van der Waals surface area (Å²) in [7, 11) is 0. The van der Waals surface area contributed by atoms with E-state index in [1.54, 1.807) is 0 Å². The minimum Gasteiger partial charge on any atom is -0.313 e. The van der Waals surface area contributed by atoms with E-state index in [-0.39, 0.29) is 0 Å². The fourth-order valence-corrected chi connectivity index (χ4v) is 3.98. The van der Waals surface area contributed by atoms with Crippen LogP contribution in [0.1, 0.15) is 59.3 Å². The Kier molecular flexibility index (Phi) is 5.08. The van der Waals surface area contributed by atoms with Crippen LogP contribution in [0, 0.1) is 11.3 Å². The van der Waals surface area contributed by atoms with Crippen LogP contribution < -0.4 is 5.32 Å². The second-order valence-corrected chi connectivity index (χ2v) is 7.21. The first kappa shape index (κ1) is 14.3. The lowest BCUT2D eigenvalue weighted by Crippen LogP contribution is -2.49. The highest BCUT2D eigenvalue weighted by molar-refractivity contribution is 4.86. The summed E-state index contributed by atoms with van der Waals surface area (Å²) in [5.41, 5.74) is 0.532. The largest absolute Gasteiger partial charge is 0.313 e. The van der Waals surface area contributed by atoms with Crippen molar-refractivity contribution in [2.45, 2.75) is 65.3 Å². The maximum Gasteiger partial charge on any atom is 0.0223 e. The molecule has 0 aromatic rings. The van der Waals surface area contributed by atoms with Crippen LogP contribution in [0.15, 0.2) is 0 Å². The summed E-state index contributed by atoms with van der Waals surface area (Å²) in [6.45, 7) is 12.1. The molecule has 1 atom stereocenters. The molecule has 2 aliphatic rings. The topological polar surface area (TPSA) is 15.3 Å². The number of nitrogens with zero attached hydrogens (tertiary/aromatic N) is 1. The highest BCUT2D eigenvalue weighted by atomic mass is 15.2. The second-order valence-electron chi connectivity index (χ2n) is 7.21. The maximum atomic E-state index is 3.76. The predicted molar refractivity (Wildman–Crippen MR) is 78.9 cm³/mol. The SMILES string of the molecule is CCNC(CN1CCCC(C)(C)C1)C1CCCC1. The summed E-state index contributed by atoms with van der Waals surface area (Å²) in [4.78, 5) is 2.72. The van der Waals surface area contributed by atoms with Crippen LogP contribution in [0.5, 0.6) is 0 Å². The summed E-state index contributed by atoms with van der Waals surface area (Å²) in [6.07, 6.45) is 8.61. The quantitative estimate of drug-likeness (QED) is 0.808. The highest BCUT2D eigenvalue weighted by Gasteiger charge is 2.30. The molecule has 18 heavy (non-hydrogen) atoms. The molecule has 0 spiro atoms. The monoisotopic (exact) mass is 252 g/mol. The number of hydrogen-bond acceptors (Lipinski definition) is 2. The molecule has 2 fully saturated rings. The number of likely N-dealkylation sites (tertiary alicyclic amines) is 1. The summed E-state index contributed by atoms with van der Waals surface area (Å²) in [6, 6.07) is 0.742. The van der Waals surface area contributed by atoms with Crippen LogP contribution in [-0.4, -0.2) is 37.1 Å². The van der Waals surface area contributed by atoms with E-state index in [1.807, 2.05) is 0 Å². The Morgan fingerprint density at radius 3 is 2.56 bits per heavy atom. The molecular formula is C16H32N2. The van der Waals surface area contributed by atoms with E-state index in [2.05, 4.69) is 31.0 Å². The van der Waals surface area contributed by atoms with E-state index in [0.29, 0.717) is 5.41 Å². The Bertz CT molecular complexity index is 243. The van der Waals surface area contributed by atoms with E-state index in [0.717, 1.165) is 18.5 Å². The fraction of sp³-hybridized carbons (Fsp3) is 1.00. The zero-order valence-electron chi connectivity index (χ0n) is 12.7. The molecule has 106 valence electrons. The van der Waals surface area contributed by atoms with Gasteiger partial charge in [-0.15, -0.1) is 0 Å². The smallest absolute Gasteiger partial charge is 0.0223 e. The zero-order chi connectivity index (χ0) is 13.0. The van der Waals surface area contributed by atoms with Crippen LogP contribution >= 0.6 is 0 Å². The molecule has 1 unspecified atom stereocenters. The van der Waals surface area contributed by atoms with Crippen molar-refractivity contribution in [3.05, 3.63) is 0 Å². The van der Waals surface area contributed by atoms with E-state index in [4.69, 9.17) is 0 Å². The van der Waals surface area contributed by atoms with Crippen LogP contribution in [0.25, 0.3) is 0 Å². The van der Waals surface area contributed by atoms with Crippen molar-refractivity contribution in [1.82, 2.24) is 10.2 Å². The van der Waals surface area contributed by atoms with Crippen molar-refractivity contribution in [1.29, 1.82) is 0 Å². The van der Waals surface area contributed by atoms with Crippen molar-refractivity contribution in [2.24, 2.45) is 11.3 Å².